The van der Waals surface area contributed by atoms with Crippen molar-refractivity contribution < 1.29 is 14.3 Å². The van der Waals surface area contributed by atoms with Crippen molar-refractivity contribution in [1.82, 2.24) is 24.8 Å². The average Bonchev–Trinajstić information content (AvgIpc) is 3.52. The number of aryl methyl sites for hydroxylation is 1. The summed E-state index contributed by atoms with van der Waals surface area (Å²) in [5.41, 5.74) is 4.75. The van der Waals surface area contributed by atoms with E-state index in [1.54, 1.807) is 4.68 Å². The molecule has 6 rings (SSSR count). The van der Waals surface area contributed by atoms with Gasteiger partial charge < -0.3 is 14.5 Å². The number of halogens is 1. The molecule has 2 aromatic carbocycles. The lowest BCUT2D eigenvalue weighted by atomic mass is 9.85. The molecule has 0 unspecified atom stereocenters. The molecule has 1 aromatic heterocycles. The van der Waals surface area contributed by atoms with Crippen LogP contribution in [-0.2, 0) is 29.7 Å². The first-order chi connectivity index (χ1) is 18.5. The largest absolute Gasteiger partial charge is 0.489 e. The summed E-state index contributed by atoms with van der Waals surface area (Å²) in [5.74, 6) is 1.15. The first-order valence-electron chi connectivity index (χ1n) is 13.8. The number of carbonyl (C=O) groups excluding carboxylic acids is 2. The third-order valence-corrected chi connectivity index (χ3v) is 8.80. The quantitative estimate of drug-likeness (QED) is 0.451. The number of hydrogen-bond donors (Lipinski definition) is 0. The molecule has 8 nitrogen and oxygen atoms in total. The summed E-state index contributed by atoms with van der Waals surface area (Å²) in [7, 11) is 1.87. The maximum Gasteiger partial charge on any atom is 0.226 e. The lowest BCUT2D eigenvalue weighted by molar-refractivity contribution is -0.141. The Morgan fingerprint density at radius 3 is 2.71 bits per heavy atom. The molecule has 0 bridgehead atoms. The van der Waals surface area contributed by atoms with Gasteiger partial charge in [-0.3, -0.25) is 9.59 Å². The molecule has 0 radical (unpaired) electrons. The topological polar surface area (TPSA) is 80.6 Å². The molecule has 0 spiro atoms. The second kappa shape index (κ2) is 10.6. The molecule has 1 aliphatic carbocycles. The zero-order valence-electron chi connectivity index (χ0n) is 21.9. The number of nitrogens with zero attached hydrogens (tertiary/aromatic N) is 5. The Morgan fingerprint density at radius 2 is 1.92 bits per heavy atom. The third-order valence-electron chi connectivity index (χ3n) is 8.44. The van der Waals surface area contributed by atoms with Crippen LogP contribution in [0.3, 0.4) is 0 Å². The van der Waals surface area contributed by atoms with Gasteiger partial charge in [0, 0.05) is 49.6 Å². The SMILES string of the molecule is Cn1nnc2cc(COc3ccc(Cl)c4c3[C@@H](CN3CCCC3=O)N(C(=O)C3CCCCC3)CC4)ccc21. The molecule has 2 amide bonds. The molecular formula is C29H34ClN5O3. The van der Waals surface area contributed by atoms with E-state index in [0.29, 0.717) is 37.6 Å². The second-order valence-corrected chi connectivity index (χ2v) is 11.2. The summed E-state index contributed by atoms with van der Waals surface area (Å²) in [4.78, 5) is 30.5. The van der Waals surface area contributed by atoms with Crippen LogP contribution >= 0.6 is 11.6 Å². The van der Waals surface area contributed by atoms with E-state index in [4.69, 9.17) is 16.3 Å². The van der Waals surface area contributed by atoms with Gasteiger partial charge in [-0.05, 0) is 61.1 Å². The maximum absolute atomic E-state index is 13.9. The number of amides is 2. The van der Waals surface area contributed by atoms with Crippen molar-refractivity contribution >= 4 is 34.4 Å². The van der Waals surface area contributed by atoms with Crippen LogP contribution in [0.1, 0.15) is 67.7 Å². The highest BCUT2D eigenvalue weighted by Gasteiger charge is 2.39. The molecule has 200 valence electrons. The van der Waals surface area contributed by atoms with Gasteiger partial charge in [-0.1, -0.05) is 42.1 Å². The van der Waals surface area contributed by atoms with Crippen molar-refractivity contribution in [1.29, 1.82) is 0 Å². The van der Waals surface area contributed by atoms with Gasteiger partial charge in [-0.2, -0.15) is 0 Å². The van der Waals surface area contributed by atoms with Crippen LogP contribution in [-0.4, -0.2) is 56.2 Å². The van der Waals surface area contributed by atoms with E-state index >= 15 is 0 Å². The van der Waals surface area contributed by atoms with E-state index in [9.17, 15) is 9.59 Å². The fraction of sp³-hybridized carbons (Fsp3) is 0.517. The minimum absolute atomic E-state index is 0.0596. The highest BCUT2D eigenvalue weighted by atomic mass is 35.5. The molecule has 3 heterocycles. The summed E-state index contributed by atoms with van der Waals surface area (Å²) < 4.78 is 8.19. The predicted molar refractivity (Wildman–Crippen MR) is 145 cm³/mol. The number of fused-ring (bicyclic) bond motifs is 2. The first-order valence-corrected chi connectivity index (χ1v) is 14.2. The van der Waals surface area contributed by atoms with Crippen LogP contribution in [0.4, 0.5) is 0 Å². The zero-order chi connectivity index (χ0) is 26.2. The van der Waals surface area contributed by atoms with Gasteiger partial charge in [0.05, 0.1) is 11.6 Å². The summed E-state index contributed by atoms with van der Waals surface area (Å²) in [6.07, 6.45) is 7.41. The molecule has 1 saturated heterocycles. The third kappa shape index (κ3) is 4.75. The molecule has 0 N–H and O–H groups in total. The van der Waals surface area contributed by atoms with E-state index in [-0.39, 0.29) is 23.8 Å². The van der Waals surface area contributed by atoms with Gasteiger partial charge >= 0.3 is 0 Å². The van der Waals surface area contributed by atoms with E-state index in [2.05, 4.69) is 10.3 Å². The van der Waals surface area contributed by atoms with Gasteiger partial charge in [0.25, 0.3) is 0 Å². The molecule has 3 aromatic rings. The average molecular weight is 536 g/mol. The summed E-state index contributed by atoms with van der Waals surface area (Å²) >= 11 is 6.73. The van der Waals surface area contributed by atoms with Gasteiger partial charge in [0.15, 0.2) is 0 Å². The minimum Gasteiger partial charge on any atom is -0.489 e. The lowest BCUT2D eigenvalue weighted by Crippen LogP contribution is -2.48. The van der Waals surface area contributed by atoms with E-state index in [1.807, 2.05) is 47.2 Å². The number of hydrogen-bond acceptors (Lipinski definition) is 5. The molecule has 1 saturated carbocycles. The Balaban J connectivity index is 1.33. The predicted octanol–water partition coefficient (Wildman–Crippen LogP) is 4.83. The van der Waals surface area contributed by atoms with Crippen LogP contribution < -0.4 is 4.74 Å². The fourth-order valence-electron chi connectivity index (χ4n) is 6.39. The number of ether oxygens (including phenoxy) is 1. The Bertz CT molecular complexity index is 1370. The van der Waals surface area contributed by atoms with Crippen molar-refractivity contribution in [2.45, 2.75) is 64.0 Å². The Morgan fingerprint density at radius 1 is 1.08 bits per heavy atom. The van der Waals surface area contributed by atoms with Crippen LogP contribution in [0.15, 0.2) is 30.3 Å². The van der Waals surface area contributed by atoms with E-state index in [1.165, 1.54) is 6.42 Å². The van der Waals surface area contributed by atoms with Crippen LogP contribution in [0.2, 0.25) is 5.02 Å². The van der Waals surface area contributed by atoms with Crippen LogP contribution in [0, 0.1) is 5.92 Å². The molecule has 2 fully saturated rings. The lowest BCUT2D eigenvalue weighted by Gasteiger charge is -2.42. The van der Waals surface area contributed by atoms with Crippen LogP contribution in [0.25, 0.3) is 11.0 Å². The van der Waals surface area contributed by atoms with Gasteiger partial charge in [-0.15, -0.1) is 5.10 Å². The number of aromatic nitrogens is 3. The van der Waals surface area contributed by atoms with Gasteiger partial charge in [-0.25, -0.2) is 4.68 Å². The van der Waals surface area contributed by atoms with E-state index in [0.717, 1.165) is 72.1 Å². The number of benzene rings is 2. The fourth-order valence-corrected chi connectivity index (χ4v) is 6.65. The maximum atomic E-state index is 13.9. The van der Waals surface area contributed by atoms with Gasteiger partial charge in [0.1, 0.15) is 17.9 Å². The molecule has 9 heteroatoms. The summed E-state index contributed by atoms with van der Waals surface area (Å²) in [6.45, 7) is 2.17. The summed E-state index contributed by atoms with van der Waals surface area (Å²) in [5, 5.41) is 9.01. The Kier molecular flexibility index (Phi) is 6.99. The van der Waals surface area contributed by atoms with Crippen molar-refractivity contribution in [2.24, 2.45) is 13.0 Å². The Labute approximate surface area is 227 Å². The highest BCUT2D eigenvalue weighted by Crippen LogP contribution is 2.42. The Hall–Kier alpha value is -3.13. The smallest absolute Gasteiger partial charge is 0.226 e. The van der Waals surface area contributed by atoms with Crippen molar-refractivity contribution in [3.05, 3.63) is 52.0 Å². The zero-order valence-corrected chi connectivity index (χ0v) is 22.6. The summed E-state index contributed by atoms with van der Waals surface area (Å²) in [6, 6.07) is 9.54. The number of carbonyl (C=O) groups is 2. The molecule has 3 aliphatic rings. The highest BCUT2D eigenvalue weighted by molar-refractivity contribution is 6.31. The van der Waals surface area contributed by atoms with Crippen molar-refractivity contribution in [2.75, 3.05) is 19.6 Å². The molecule has 38 heavy (non-hydrogen) atoms. The molecule has 1 atom stereocenters. The monoisotopic (exact) mass is 535 g/mol. The van der Waals surface area contributed by atoms with Crippen LogP contribution in [0.5, 0.6) is 5.75 Å². The first kappa shape index (κ1) is 25.2. The van der Waals surface area contributed by atoms with E-state index < -0.39 is 0 Å². The number of likely N-dealkylation sites (tertiary alicyclic amines) is 1. The van der Waals surface area contributed by atoms with Gasteiger partial charge in [0.2, 0.25) is 11.8 Å². The van der Waals surface area contributed by atoms with Crippen molar-refractivity contribution in [3.63, 3.8) is 0 Å². The van der Waals surface area contributed by atoms with Crippen molar-refractivity contribution in [3.8, 4) is 5.75 Å². The number of rotatable bonds is 6. The normalized spacial score (nSPS) is 20.3. The minimum atomic E-state index is -0.272. The standard InChI is InChI=1S/C29H34ClN5O3/c1-33-24-11-9-19(16-23(24)31-32-33)18-38-26-12-10-22(30)21-13-15-35(29(37)20-6-3-2-4-7-20)25(28(21)26)17-34-14-5-8-27(34)36/h9-12,16,20,25H,2-8,13-15,17-18H2,1H3/t25-/m1/s1. The molecular weight excluding hydrogens is 502 g/mol. The molecule has 2 aliphatic heterocycles. The second-order valence-electron chi connectivity index (χ2n) is 10.8.